The first-order valence-corrected chi connectivity index (χ1v) is 9.77. The van der Waals surface area contributed by atoms with Crippen molar-refractivity contribution in [1.29, 1.82) is 0 Å². The van der Waals surface area contributed by atoms with Crippen LogP contribution in [0, 0.1) is 5.92 Å². The number of nitrogens with one attached hydrogen (secondary N) is 2. The van der Waals surface area contributed by atoms with Crippen molar-refractivity contribution in [2.24, 2.45) is 5.92 Å². The van der Waals surface area contributed by atoms with E-state index in [9.17, 15) is 9.59 Å². The third-order valence-corrected chi connectivity index (χ3v) is 5.38. The minimum absolute atomic E-state index is 0. The molecule has 4 rings (SSSR count). The molecule has 2 aliphatic heterocycles. The Morgan fingerprint density at radius 2 is 2.04 bits per heavy atom. The van der Waals surface area contributed by atoms with E-state index < -0.39 is 0 Å². The number of carbonyl (C=O) groups is 2. The van der Waals surface area contributed by atoms with Crippen molar-refractivity contribution in [2.75, 3.05) is 25.1 Å². The number of fused-ring (bicyclic) bond motifs is 1. The van der Waals surface area contributed by atoms with E-state index in [0.29, 0.717) is 5.92 Å². The van der Waals surface area contributed by atoms with E-state index in [-0.39, 0.29) is 31.5 Å². The number of hydrogen-bond acceptors (Lipinski definition) is 4. The Labute approximate surface area is 168 Å². The van der Waals surface area contributed by atoms with Crippen LogP contribution in [-0.4, -0.2) is 49.2 Å². The third-order valence-electron chi connectivity index (χ3n) is 5.38. The van der Waals surface area contributed by atoms with Crippen LogP contribution in [0.15, 0.2) is 36.4 Å². The second kappa shape index (κ2) is 10.3. The number of aliphatic hydroxyl groups excluding tert-OH is 1. The predicted octanol–water partition coefficient (Wildman–Crippen LogP) is 2.03. The standard InChI is InChI=1S/C20H25N3O2.CH4O.FH.2H2/c24-19(23-12-10-15-3-1-2-4-18(15)23)8-7-16(13-14-5-6-14)22-20(25)17-9-11-21-17;1-2;;;/h1-4,7-8,14,16-17,21H,5-6,9-13H2,(H,22,25);2H,1H3;3*1H/b8-7+;;;;/t16-,17+;;;;/m1..../s1. The number of halogens is 1. The van der Waals surface area contributed by atoms with Gasteiger partial charge >= 0.3 is 0 Å². The summed E-state index contributed by atoms with van der Waals surface area (Å²) in [4.78, 5) is 26.6. The average molecular weight is 396 g/mol. The number of nitrogens with zero attached hydrogens (tertiary/aromatic N) is 1. The summed E-state index contributed by atoms with van der Waals surface area (Å²) in [6.45, 7) is 1.64. The molecule has 0 aromatic heterocycles. The SMILES string of the molecule is CO.F.O=C(N[C@H](/C=C/C(=O)N1CCc2ccccc21)CC1CC1)[C@@H]1CCN1.[HH].[HH]. The number of benzene rings is 1. The van der Waals surface area contributed by atoms with Crippen molar-refractivity contribution in [1.82, 2.24) is 10.6 Å². The van der Waals surface area contributed by atoms with Crippen molar-refractivity contribution in [3.63, 3.8) is 0 Å². The van der Waals surface area contributed by atoms with Gasteiger partial charge in [0.1, 0.15) is 0 Å². The summed E-state index contributed by atoms with van der Waals surface area (Å²) in [7, 11) is 1.00. The van der Waals surface area contributed by atoms with E-state index in [1.54, 1.807) is 6.08 Å². The molecule has 2 amide bonds. The van der Waals surface area contributed by atoms with E-state index in [1.807, 2.05) is 29.2 Å². The predicted molar refractivity (Wildman–Crippen MR) is 112 cm³/mol. The Hall–Kier alpha value is -2.25. The van der Waals surface area contributed by atoms with Crippen LogP contribution in [0.4, 0.5) is 10.4 Å². The highest BCUT2D eigenvalue weighted by atomic mass is 19.0. The van der Waals surface area contributed by atoms with Gasteiger partial charge in [0.15, 0.2) is 0 Å². The Balaban J connectivity index is 0.00000163. The molecule has 1 saturated heterocycles. The Bertz CT molecular complexity index is 712. The number of para-hydroxylation sites is 1. The lowest BCUT2D eigenvalue weighted by Crippen LogP contribution is -2.54. The molecule has 2 atom stereocenters. The van der Waals surface area contributed by atoms with Gasteiger partial charge in [-0.15, -0.1) is 0 Å². The van der Waals surface area contributed by atoms with Gasteiger partial charge in [-0.1, -0.05) is 37.1 Å². The number of aliphatic hydroxyl groups is 1. The molecule has 3 aliphatic rings. The Morgan fingerprint density at radius 3 is 2.68 bits per heavy atom. The van der Waals surface area contributed by atoms with Crippen LogP contribution in [-0.2, 0) is 16.0 Å². The van der Waals surface area contributed by atoms with Gasteiger partial charge in [0.05, 0.1) is 6.04 Å². The molecule has 6 nitrogen and oxygen atoms in total. The fourth-order valence-electron chi connectivity index (χ4n) is 3.55. The molecule has 0 bridgehead atoms. The van der Waals surface area contributed by atoms with Gasteiger partial charge in [0.25, 0.3) is 5.91 Å². The molecule has 1 saturated carbocycles. The first kappa shape index (κ1) is 22.0. The maximum Gasteiger partial charge on any atom is 0.250 e. The van der Waals surface area contributed by atoms with Crippen LogP contribution in [0.1, 0.15) is 34.1 Å². The van der Waals surface area contributed by atoms with E-state index in [2.05, 4.69) is 16.7 Å². The normalized spacial score (nSPS) is 20.9. The topological polar surface area (TPSA) is 81.7 Å². The van der Waals surface area contributed by atoms with E-state index in [0.717, 1.165) is 45.1 Å². The highest BCUT2D eigenvalue weighted by molar-refractivity contribution is 6.03. The molecule has 2 fully saturated rings. The lowest BCUT2D eigenvalue weighted by molar-refractivity contribution is -0.125. The molecule has 28 heavy (non-hydrogen) atoms. The van der Waals surface area contributed by atoms with Crippen molar-refractivity contribution < 1.29 is 22.3 Å². The second-order valence-electron chi connectivity index (χ2n) is 7.32. The number of rotatable bonds is 6. The van der Waals surface area contributed by atoms with Gasteiger partial charge in [-0.25, -0.2) is 0 Å². The Morgan fingerprint density at radius 1 is 1.32 bits per heavy atom. The lowest BCUT2D eigenvalue weighted by atomic mass is 10.0. The fourth-order valence-corrected chi connectivity index (χ4v) is 3.55. The summed E-state index contributed by atoms with van der Waals surface area (Å²) in [5.74, 6) is 0.745. The minimum Gasteiger partial charge on any atom is -0.400 e. The van der Waals surface area contributed by atoms with E-state index >= 15 is 0 Å². The summed E-state index contributed by atoms with van der Waals surface area (Å²) in [6, 6.07) is 7.95. The minimum atomic E-state index is -0.0590. The molecule has 1 aromatic rings. The quantitative estimate of drug-likeness (QED) is 0.644. The molecule has 1 aromatic carbocycles. The third kappa shape index (κ3) is 5.39. The zero-order valence-electron chi connectivity index (χ0n) is 16.3. The number of amides is 2. The molecular weight excluding hydrogens is 361 g/mol. The van der Waals surface area contributed by atoms with Gasteiger partial charge in [-0.05, 0) is 43.4 Å². The fraction of sp³-hybridized carbons (Fsp3) is 0.524. The molecule has 158 valence electrons. The van der Waals surface area contributed by atoms with Gasteiger partial charge in [-0.2, -0.15) is 0 Å². The molecule has 2 heterocycles. The maximum absolute atomic E-state index is 12.6. The molecule has 0 radical (unpaired) electrons. The first-order valence-electron chi connectivity index (χ1n) is 9.77. The average Bonchev–Trinajstić information content (AvgIpc) is 3.35. The van der Waals surface area contributed by atoms with Crippen LogP contribution in [0.2, 0.25) is 0 Å². The summed E-state index contributed by atoms with van der Waals surface area (Å²) in [5, 5.41) is 13.2. The second-order valence-corrected chi connectivity index (χ2v) is 7.32. The van der Waals surface area contributed by atoms with Crippen LogP contribution >= 0.6 is 0 Å². The van der Waals surface area contributed by atoms with Crippen molar-refractivity contribution >= 4 is 17.5 Å². The highest BCUT2D eigenvalue weighted by Crippen LogP contribution is 2.34. The van der Waals surface area contributed by atoms with E-state index in [4.69, 9.17) is 5.11 Å². The molecule has 3 N–H and O–H groups in total. The number of anilines is 1. The molecule has 0 unspecified atom stereocenters. The van der Waals surface area contributed by atoms with Crippen LogP contribution < -0.4 is 15.5 Å². The number of carbonyl (C=O) groups excluding carboxylic acids is 2. The number of hydrogen-bond donors (Lipinski definition) is 3. The molecule has 7 heteroatoms. The first-order chi connectivity index (χ1) is 13.2. The largest absolute Gasteiger partial charge is 0.400 e. The monoisotopic (exact) mass is 395 g/mol. The van der Waals surface area contributed by atoms with Gasteiger partial charge in [0, 0.05) is 34.3 Å². The van der Waals surface area contributed by atoms with Gasteiger partial charge in [0.2, 0.25) is 5.91 Å². The van der Waals surface area contributed by atoms with Crippen LogP contribution in [0.25, 0.3) is 0 Å². The summed E-state index contributed by atoms with van der Waals surface area (Å²) >= 11 is 0. The van der Waals surface area contributed by atoms with Crippen molar-refractivity contribution in [2.45, 2.75) is 44.2 Å². The zero-order chi connectivity index (χ0) is 19.2. The smallest absolute Gasteiger partial charge is 0.250 e. The van der Waals surface area contributed by atoms with Crippen LogP contribution in [0.3, 0.4) is 0 Å². The summed E-state index contributed by atoms with van der Waals surface area (Å²) in [5.41, 5.74) is 2.24. The molecule has 1 aliphatic carbocycles. The molecule has 0 spiro atoms. The zero-order valence-corrected chi connectivity index (χ0v) is 16.3. The summed E-state index contributed by atoms with van der Waals surface area (Å²) < 4.78 is 0. The maximum atomic E-state index is 12.6. The van der Waals surface area contributed by atoms with Gasteiger partial charge < -0.3 is 20.6 Å². The van der Waals surface area contributed by atoms with E-state index in [1.165, 1.54) is 18.4 Å². The molecular formula is C21H34FN3O3. The van der Waals surface area contributed by atoms with Gasteiger partial charge in [-0.3, -0.25) is 14.3 Å². The Kier molecular flexibility index (Phi) is 8.14. The highest BCUT2D eigenvalue weighted by Gasteiger charge is 2.29. The lowest BCUT2D eigenvalue weighted by Gasteiger charge is -2.28. The van der Waals surface area contributed by atoms with Crippen molar-refractivity contribution in [3.8, 4) is 0 Å². The summed E-state index contributed by atoms with van der Waals surface area (Å²) in [6.07, 6.45) is 8.73. The van der Waals surface area contributed by atoms with Crippen LogP contribution in [0.5, 0.6) is 0 Å². The van der Waals surface area contributed by atoms with Crippen molar-refractivity contribution in [3.05, 3.63) is 42.0 Å².